The lowest BCUT2D eigenvalue weighted by Gasteiger charge is -2.07. The summed E-state index contributed by atoms with van der Waals surface area (Å²) in [5, 5.41) is 3.37. The predicted molar refractivity (Wildman–Crippen MR) is 126 cm³/mol. The van der Waals surface area contributed by atoms with Crippen LogP contribution in [0.1, 0.15) is 30.1 Å². The first-order chi connectivity index (χ1) is 15.6. The number of fused-ring (bicyclic) bond motifs is 1. The maximum atomic E-state index is 12.6. The minimum absolute atomic E-state index is 0.213. The standard InChI is InChI=1S/C25H23ClN2O4/c1-3-4-13-31-19-9-5-16(6-10-19)24(29)27-18-8-12-23-21(15-18)28-25(32-23)17-7-11-22(30-2)20(26)14-17/h5-12,14-15H,3-4,13H2,1-2H3,(H,27,29). The molecule has 1 aromatic heterocycles. The Morgan fingerprint density at radius 2 is 1.91 bits per heavy atom. The highest BCUT2D eigenvalue weighted by molar-refractivity contribution is 6.32. The summed E-state index contributed by atoms with van der Waals surface area (Å²) in [5.74, 6) is 1.56. The molecule has 0 bridgehead atoms. The summed E-state index contributed by atoms with van der Waals surface area (Å²) in [6, 6.07) is 17.8. The van der Waals surface area contributed by atoms with E-state index in [0.717, 1.165) is 24.2 Å². The number of aromatic nitrogens is 1. The van der Waals surface area contributed by atoms with Crippen LogP contribution in [-0.2, 0) is 0 Å². The van der Waals surface area contributed by atoms with Gasteiger partial charge in [0.05, 0.1) is 18.7 Å². The summed E-state index contributed by atoms with van der Waals surface area (Å²) < 4.78 is 16.7. The van der Waals surface area contributed by atoms with Crippen molar-refractivity contribution in [3.05, 3.63) is 71.2 Å². The molecule has 1 N–H and O–H groups in total. The van der Waals surface area contributed by atoms with E-state index in [2.05, 4.69) is 17.2 Å². The summed E-state index contributed by atoms with van der Waals surface area (Å²) in [6.07, 6.45) is 2.08. The van der Waals surface area contributed by atoms with Gasteiger partial charge >= 0.3 is 0 Å². The van der Waals surface area contributed by atoms with Gasteiger partial charge in [-0.15, -0.1) is 0 Å². The van der Waals surface area contributed by atoms with Crippen molar-refractivity contribution in [2.75, 3.05) is 19.0 Å². The second-order valence-electron chi connectivity index (χ2n) is 7.23. The molecule has 0 spiro atoms. The van der Waals surface area contributed by atoms with Gasteiger partial charge in [-0.2, -0.15) is 0 Å². The van der Waals surface area contributed by atoms with Crippen LogP contribution in [0.5, 0.6) is 11.5 Å². The first-order valence-corrected chi connectivity index (χ1v) is 10.7. The third-order valence-electron chi connectivity index (χ3n) is 4.93. The first-order valence-electron chi connectivity index (χ1n) is 10.4. The van der Waals surface area contributed by atoms with E-state index >= 15 is 0 Å². The molecular formula is C25H23ClN2O4. The van der Waals surface area contributed by atoms with Crippen LogP contribution < -0.4 is 14.8 Å². The van der Waals surface area contributed by atoms with Crippen molar-refractivity contribution in [1.29, 1.82) is 0 Å². The molecule has 3 aromatic carbocycles. The van der Waals surface area contributed by atoms with Gasteiger partial charge < -0.3 is 19.2 Å². The Bertz CT molecular complexity index is 1230. The summed E-state index contributed by atoms with van der Waals surface area (Å²) >= 11 is 6.21. The molecule has 4 aromatic rings. The highest BCUT2D eigenvalue weighted by Gasteiger charge is 2.13. The summed E-state index contributed by atoms with van der Waals surface area (Å²) in [5.41, 5.74) is 3.14. The maximum absolute atomic E-state index is 12.6. The average Bonchev–Trinajstić information content (AvgIpc) is 3.23. The highest BCUT2D eigenvalue weighted by atomic mass is 35.5. The van der Waals surface area contributed by atoms with E-state index in [-0.39, 0.29) is 5.91 Å². The normalized spacial score (nSPS) is 10.8. The number of benzene rings is 3. The van der Waals surface area contributed by atoms with E-state index in [1.54, 1.807) is 61.7 Å². The Morgan fingerprint density at radius 1 is 1.09 bits per heavy atom. The topological polar surface area (TPSA) is 73.6 Å². The highest BCUT2D eigenvalue weighted by Crippen LogP contribution is 2.32. The molecular weight excluding hydrogens is 428 g/mol. The molecule has 7 heteroatoms. The fourth-order valence-corrected chi connectivity index (χ4v) is 3.43. The zero-order chi connectivity index (χ0) is 22.5. The fraction of sp³-hybridized carbons (Fsp3) is 0.200. The number of amides is 1. The molecule has 0 aliphatic rings. The average molecular weight is 451 g/mol. The molecule has 0 saturated carbocycles. The number of carbonyl (C=O) groups excluding carboxylic acids is 1. The number of rotatable bonds is 8. The molecule has 0 atom stereocenters. The van der Waals surface area contributed by atoms with Gasteiger partial charge in [-0.25, -0.2) is 4.98 Å². The number of hydrogen-bond acceptors (Lipinski definition) is 5. The van der Waals surface area contributed by atoms with E-state index < -0.39 is 0 Å². The molecule has 0 fully saturated rings. The first kappa shape index (κ1) is 21.7. The largest absolute Gasteiger partial charge is 0.495 e. The quantitative estimate of drug-likeness (QED) is 0.306. The second kappa shape index (κ2) is 9.75. The monoisotopic (exact) mass is 450 g/mol. The number of unbranched alkanes of at least 4 members (excludes halogenated alkanes) is 1. The van der Waals surface area contributed by atoms with Gasteiger partial charge in [0, 0.05) is 16.8 Å². The Balaban J connectivity index is 1.48. The number of hydrogen-bond donors (Lipinski definition) is 1. The van der Waals surface area contributed by atoms with E-state index in [4.69, 9.17) is 25.5 Å². The summed E-state index contributed by atoms with van der Waals surface area (Å²) in [7, 11) is 1.56. The van der Waals surface area contributed by atoms with Crippen molar-refractivity contribution in [2.24, 2.45) is 0 Å². The molecule has 0 unspecified atom stereocenters. The Hall–Kier alpha value is -3.51. The minimum atomic E-state index is -0.213. The molecule has 6 nitrogen and oxygen atoms in total. The van der Waals surface area contributed by atoms with Crippen molar-refractivity contribution in [2.45, 2.75) is 19.8 Å². The van der Waals surface area contributed by atoms with Gasteiger partial charge in [0.15, 0.2) is 5.58 Å². The number of anilines is 1. The number of ether oxygens (including phenoxy) is 2. The molecule has 0 aliphatic carbocycles. The lowest BCUT2D eigenvalue weighted by Crippen LogP contribution is -2.11. The summed E-state index contributed by atoms with van der Waals surface area (Å²) in [4.78, 5) is 17.2. The van der Waals surface area contributed by atoms with Gasteiger partial charge in [-0.05, 0) is 67.1 Å². The molecule has 0 aliphatic heterocycles. The third kappa shape index (κ3) is 4.86. The Morgan fingerprint density at radius 3 is 2.62 bits per heavy atom. The fourth-order valence-electron chi connectivity index (χ4n) is 3.17. The predicted octanol–water partition coefficient (Wildman–Crippen LogP) is 6.59. The number of carbonyl (C=O) groups is 1. The number of oxazole rings is 1. The van der Waals surface area contributed by atoms with Crippen molar-refractivity contribution in [3.8, 4) is 23.0 Å². The van der Waals surface area contributed by atoms with Crippen LogP contribution in [0, 0.1) is 0 Å². The maximum Gasteiger partial charge on any atom is 0.255 e. The zero-order valence-electron chi connectivity index (χ0n) is 17.9. The molecule has 32 heavy (non-hydrogen) atoms. The molecule has 4 rings (SSSR count). The van der Waals surface area contributed by atoms with Crippen LogP contribution >= 0.6 is 11.6 Å². The van der Waals surface area contributed by atoms with E-state index in [1.165, 1.54) is 0 Å². The smallest absolute Gasteiger partial charge is 0.255 e. The van der Waals surface area contributed by atoms with Crippen LogP contribution in [0.25, 0.3) is 22.6 Å². The van der Waals surface area contributed by atoms with Crippen molar-refractivity contribution in [1.82, 2.24) is 4.98 Å². The van der Waals surface area contributed by atoms with Gasteiger partial charge in [0.25, 0.3) is 5.91 Å². The minimum Gasteiger partial charge on any atom is -0.495 e. The molecule has 1 heterocycles. The van der Waals surface area contributed by atoms with E-state index in [9.17, 15) is 4.79 Å². The molecule has 0 saturated heterocycles. The number of methoxy groups -OCH3 is 1. The Kier molecular flexibility index (Phi) is 6.61. The molecule has 164 valence electrons. The van der Waals surface area contributed by atoms with Gasteiger partial charge in [-0.3, -0.25) is 4.79 Å². The van der Waals surface area contributed by atoms with Crippen LogP contribution in [0.3, 0.4) is 0 Å². The van der Waals surface area contributed by atoms with Crippen LogP contribution in [0.15, 0.2) is 65.1 Å². The molecule has 0 radical (unpaired) electrons. The zero-order valence-corrected chi connectivity index (χ0v) is 18.6. The number of halogens is 1. The van der Waals surface area contributed by atoms with Crippen LogP contribution in [-0.4, -0.2) is 24.6 Å². The van der Waals surface area contributed by atoms with Crippen molar-refractivity contribution >= 4 is 34.3 Å². The van der Waals surface area contributed by atoms with Crippen LogP contribution in [0.2, 0.25) is 5.02 Å². The van der Waals surface area contributed by atoms with Gasteiger partial charge in [0.1, 0.15) is 17.0 Å². The van der Waals surface area contributed by atoms with Gasteiger partial charge in [-0.1, -0.05) is 24.9 Å². The molecule has 1 amide bonds. The number of nitrogens with one attached hydrogen (secondary N) is 1. The van der Waals surface area contributed by atoms with Crippen LogP contribution in [0.4, 0.5) is 5.69 Å². The SMILES string of the molecule is CCCCOc1ccc(C(=O)Nc2ccc3oc(-c4ccc(OC)c(Cl)c4)nc3c2)cc1. The van der Waals surface area contributed by atoms with E-state index in [1.807, 2.05) is 6.07 Å². The van der Waals surface area contributed by atoms with Crippen molar-refractivity contribution < 1.29 is 18.7 Å². The lowest BCUT2D eigenvalue weighted by atomic mass is 10.2. The number of nitrogens with zero attached hydrogens (tertiary/aromatic N) is 1. The van der Waals surface area contributed by atoms with Crippen molar-refractivity contribution in [3.63, 3.8) is 0 Å². The summed E-state index contributed by atoms with van der Waals surface area (Å²) in [6.45, 7) is 2.78. The lowest BCUT2D eigenvalue weighted by molar-refractivity contribution is 0.102. The third-order valence-corrected chi connectivity index (χ3v) is 5.22. The Labute approximate surface area is 191 Å². The van der Waals surface area contributed by atoms with E-state index in [0.29, 0.717) is 45.6 Å². The van der Waals surface area contributed by atoms with Gasteiger partial charge in [0.2, 0.25) is 5.89 Å². The second-order valence-corrected chi connectivity index (χ2v) is 7.64.